The molecule has 2 bridgehead atoms. The highest BCUT2D eigenvalue weighted by Gasteiger charge is 2.60. The lowest BCUT2D eigenvalue weighted by Crippen LogP contribution is -2.68. The number of esters is 1. The maximum absolute atomic E-state index is 13.1. The number of hydrogen-bond acceptors (Lipinski definition) is 11. The molecule has 0 spiro atoms. The molecular weight excluding hydrogens is 500 g/mol. The van der Waals surface area contributed by atoms with Crippen LogP contribution in [0.4, 0.5) is 0 Å². The molecule has 0 saturated carbocycles. The molecule has 2 heterocycles. The Kier molecular flexibility index (Phi) is 12.1. The molecule has 11 heteroatoms. The standard InChI is InChI=1S/C27H48O11/c1-8-16(14-28)9-15(2)19-10-17(34-5)13-22(29)26(3,4)27(33)24(31)21(36-7)12-18(38-27)11-20(35-6)23(30)25(32)37-19/h9,16-24,28-31,33H,8,10-14H2,1-7H3/b15-9-/t16?,17-,18?,19?,20-,21?,22+,23+,24?,27+/m0/s1. The molecule has 11 nitrogen and oxygen atoms in total. The number of methoxy groups -OCH3 is 3. The Hall–Kier alpha value is -1.15. The van der Waals surface area contributed by atoms with Gasteiger partial charge in [0.05, 0.1) is 30.5 Å². The lowest BCUT2D eigenvalue weighted by atomic mass is 9.70. The number of fused-ring (bicyclic) bond motifs is 2. The van der Waals surface area contributed by atoms with E-state index in [0.29, 0.717) is 12.0 Å². The van der Waals surface area contributed by atoms with Gasteiger partial charge in [0.2, 0.25) is 5.79 Å². The van der Waals surface area contributed by atoms with E-state index in [-0.39, 0.29) is 38.2 Å². The normalized spacial score (nSPS) is 40.2. The van der Waals surface area contributed by atoms with Crippen LogP contribution in [0.3, 0.4) is 0 Å². The molecule has 2 saturated heterocycles. The van der Waals surface area contributed by atoms with Crippen molar-refractivity contribution in [2.24, 2.45) is 11.3 Å². The molecule has 0 aromatic rings. The molecular formula is C27H48O11. The number of carbonyl (C=O) groups excluding carboxylic acids is 1. The first-order valence-corrected chi connectivity index (χ1v) is 13.3. The highest BCUT2D eigenvalue weighted by Crippen LogP contribution is 2.46. The van der Waals surface area contributed by atoms with Crippen LogP contribution in [0.25, 0.3) is 0 Å². The predicted molar refractivity (Wildman–Crippen MR) is 137 cm³/mol. The highest BCUT2D eigenvalue weighted by molar-refractivity contribution is 5.75. The van der Waals surface area contributed by atoms with Crippen LogP contribution in [0.2, 0.25) is 0 Å². The Morgan fingerprint density at radius 1 is 1.05 bits per heavy atom. The van der Waals surface area contributed by atoms with Crippen LogP contribution in [0.15, 0.2) is 11.6 Å². The van der Waals surface area contributed by atoms with Crippen molar-refractivity contribution in [3.8, 4) is 0 Å². The lowest BCUT2D eigenvalue weighted by molar-refractivity contribution is -0.379. The molecule has 2 fully saturated rings. The second kappa shape index (κ2) is 14.0. The molecule has 2 aliphatic rings. The second-order valence-electron chi connectivity index (χ2n) is 11.1. The summed E-state index contributed by atoms with van der Waals surface area (Å²) in [4.78, 5) is 13.1. The minimum Gasteiger partial charge on any atom is -0.456 e. The lowest BCUT2D eigenvalue weighted by Gasteiger charge is -2.54. The first kappa shape index (κ1) is 33.1. The first-order chi connectivity index (χ1) is 17.8. The Bertz CT molecular complexity index is 783. The van der Waals surface area contributed by atoms with E-state index in [0.717, 1.165) is 0 Å². The van der Waals surface area contributed by atoms with Crippen molar-refractivity contribution in [2.75, 3.05) is 27.9 Å². The summed E-state index contributed by atoms with van der Waals surface area (Å²) in [6.07, 6.45) is -5.71. The number of aliphatic hydroxyl groups is 5. The average Bonchev–Trinajstić information content (AvgIpc) is 2.89. The molecule has 5 N–H and O–H groups in total. The number of cyclic esters (lactones) is 1. The topological polar surface area (TPSA) is 164 Å². The van der Waals surface area contributed by atoms with Crippen molar-refractivity contribution in [3.63, 3.8) is 0 Å². The summed E-state index contributed by atoms with van der Waals surface area (Å²) in [6.45, 7) is 6.81. The van der Waals surface area contributed by atoms with Gasteiger partial charge >= 0.3 is 5.97 Å². The van der Waals surface area contributed by atoms with Crippen LogP contribution in [-0.4, -0.2) is 114 Å². The molecule has 2 aliphatic heterocycles. The summed E-state index contributed by atoms with van der Waals surface area (Å²) >= 11 is 0. The fraction of sp³-hybridized carbons (Fsp3) is 0.889. The van der Waals surface area contributed by atoms with Crippen molar-refractivity contribution in [3.05, 3.63) is 11.6 Å². The fourth-order valence-electron chi connectivity index (χ4n) is 5.30. The Balaban J connectivity index is 2.56. The monoisotopic (exact) mass is 548 g/mol. The molecule has 10 atom stereocenters. The van der Waals surface area contributed by atoms with E-state index in [9.17, 15) is 30.3 Å². The zero-order chi connectivity index (χ0) is 28.8. The number of rotatable bonds is 7. The SMILES string of the molecule is CCC(/C=C(/C)C1C[C@H](OC)C[C@@H](O)C(C)(C)[C@]2(O)OC(CC(OC)C2O)C[C@H](OC)[C@@H](O)C(=O)O1)CO. The van der Waals surface area contributed by atoms with E-state index in [2.05, 4.69) is 0 Å². The van der Waals surface area contributed by atoms with Crippen LogP contribution in [0.5, 0.6) is 0 Å². The van der Waals surface area contributed by atoms with Crippen molar-refractivity contribution in [2.45, 2.75) is 114 Å². The van der Waals surface area contributed by atoms with Crippen molar-refractivity contribution in [1.29, 1.82) is 0 Å². The maximum atomic E-state index is 13.1. The summed E-state index contributed by atoms with van der Waals surface area (Å²) in [6, 6.07) is 0. The molecule has 0 aromatic heterocycles. The minimum atomic E-state index is -2.23. The van der Waals surface area contributed by atoms with E-state index >= 15 is 0 Å². The van der Waals surface area contributed by atoms with Crippen LogP contribution in [-0.2, 0) is 28.5 Å². The molecule has 0 radical (unpaired) electrons. The molecule has 0 amide bonds. The number of carbonyl (C=O) groups is 1. The maximum Gasteiger partial charge on any atom is 0.338 e. The van der Waals surface area contributed by atoms with Crippen molar-refractivity contribution in [1.82, 2.24) is 0 Å². The Morgan fingerprint density at radius 2 is 1.66 bits per heavy atom. The molecule has 222 valence electrons. The van der Waals surface area contributed by atoms with Gasteiger partial charge < -0.3 is 49.2 Å². The van der Waals surface area contributed by atoms with E-state index in [4.69, 9.17) is 23.7 Å². The average molecular weight is 549 g/mol. The van der Waals surface area contributed by atoms with Crippen LogP contribution in [0.1, 0.15) is 59.8 Å². The van der Waals surface area contributed by atoms with Gasteiger partial charge in [0.15, 0.2) is 6.10 Å². The number of hydrogen-bond donors (Lipinski definition) is 5. The minimum absolute atomic E-state index is 0.0174. The van der Waals surface area contributed by atoms with Gasteiger partial charge in [-0.05, 0) is 18.9 Å². The van der Waals surface area contributed by atoms with Gasteiger partial charge in [-0.2, -0.15) is 0 Å². The van der Waals surface area contributed by atoms with Crippen LogP contribution in [0, 0.1) is 11.3 Å². The smallest absolute Gasteiger partial charge is 0.338 e. The molecule has 0 aliphatic carbocycles. The highest BCUT2D eigenvalue weighted by atomic mass is 16.7. The van der Waals surface area contributed by atoms with Crippen molar-refractivity contribution < 1.29 is 54.0 Å². The zero-order valence-corrected chi connectivity index (χ0v) is 23.7. The molecule has 5 unspecified atom stereocenters. The summed E-state index contributed by atoms with van der Waals surface area (Å²) in [5.74, 6) is -3.29. The quantitative estimate of drug-likeness (QED) is 0.224. The summed E-state index contributed by atoms with van der Waals surface area (Å²) in [5, 5.41) is 54.7. The van der Waals surface area contributed by atoms with Gasteiger partial charge in [0.25, 0.3) is 0 Å². The van der Waals surface area contributed by atoms with E-state index in [1.54, 1.807) is 20.8 Å². The summed E-state index contributed by atoms with van der Waals surface area (Å²) < 4.78 is 28.3. The second-order valence-corrected chi connectivity index (χ2v) is 11.1. The molecule has 2 rings (SSSR count). The van der Waals surface area contributed by atoms with Gasteiger partial charge in [-0.15, -0.1) is 0 Å². The molecule has 38 heavy (non-hydrogen) atoms. The van der Waals surface area contributed by atoms with Crippen LogP contribution >= 0.6 is 0 Å². The van der Waals surface area contributed by atoms with Gasteiger partial charge in [0.1, 0.15) is 12.2 Å². The molecule has 0 aromatic carbocycles. The Morgan fingerprint density at radius 3 is 2.18 bits per heavy atom. The summed E-state index contributed by atoms with van der Waals surface area (Å²) in [7, 11) is 4.20. The van der Waals surface area contributed by atoms with Gasteiger partial charge in [0, 0.05) is 65.0 Å². The van der Waals surface area contributed by atoms with Crippen LogP contribution < -0.4 is 0 Å². The van der Waals surface area contributed by atoms with E-state index in [1.165, 1.54) is 21.3 Å². The van der Waals surface area contributed by atoms with Gasteiger partial charge in [-0.1, -0.05) is 26.8 Å². The third-order valence-corrected chi connectivity index (χ3v) is 8.37. The Labute approximate surface area is 225 Å². The van der Waals surface area contributed by atoms with E-state index < -0.39 is 66.0 Å². The largest absolute Gasteiger partial charge is 0.456 e. The third-order valence-electron chi connectivity index (χ3n) is 8.37. The van der Waals surface area contributed by atoms with Crippen molar-refractivity contribution >= 4 is 5.97 Å². The number of aliphatic hydroxyl groups excluding tert-OH is 4. The third kappa shape index (κ3) is 7.13. The zero-order valence-electron chi connectivity index (χ0n) is 23.7. The number of ether oxygens (including phenoxy) is 5. The van der Waals surface area contributed by atoms with Gasteiger partial charge in [-0.3, -0.25) is 0 Å². The van der Waals surface area contributed by atoms with Gasteiger partial charge in [-0.25, -0.2) is 4.79 Å². The predicted octanol–water partition coefficient (Wildman–Crippen LogP) is 0.678. The first-order valence-electron chi connectivity index (χ1n) is 13.3. The van der Waals surface area contributed by atoms with E-state index in [1.807, 2.05) is 13.0 Å². The summed E-state index contributed by atoms with van der Waals surface area (Å²) in [5.41, 5.74) is -0.730. The fourth-order valence-corrected chi connectivity index (χ4v) is 5.30.